The van der Waals surface area contributed by atoms with E-state index in [2.05, 4.69) is 20.6 Å². The first-order chi connectivity index (χ1) is 14.2. The number of carbonyl (C=O) groups is 1. The maximum Gasteiger partial charge on any atom is 0.289 e. The number of rotatable bonds is 7. The summed E-state index contributed by atoms with van der Waals surface area (Å²) in [6.45, 7) is 0.988. The first-order valence-electron chi connectivity index (χ1n) is 9.88. The normalized spacial score (nSPS) is 13.0. The molecule has 1 aliphatic carbocycles. The van der Waals surface area contributed by atoms with Gasteiger partial charge < -0.3 is 15.1 Å². The Kier molecular flexibility index (Phi) is 6.10. The molecule has 3 aromatic rings. The number of aryl methyl sites for hydroxylation is 1. The molecule has 1 amide bonds. The summed E-state index contributed by atoms with van der Waals surface area (Å²) in [6, 6.07) is 11.4. The Morgan fingerprint density at radius 1 is 1.10 bits per heavy atom. The van der Waals surface area contributed by atoms with Crippen LogP contribution in [0.5, 0.6) is 0 Å². The maximum atomic E-state index is 12.6. The number of nitrogens with zero attached hydrogens (tertiary/aromatic N) is 2. The number of halogens is 1. The molecule has 0 radical (unpaired) electrons. The lowest BCUT2D eigenvalue weighted by Gasteiger charge is -2.19. The van der Waals surface area contributed by atoms with Crippen molar-refractivity contribution in [3.8, 4) is 0 Å². The van der Waals surface area contributed by atoms with Gasteiger partial charge in [-0.1, -0.05) is 29.8 Å². The average Bonchev–Trinajstić information content (AvgIpc) is 3.27. The lowest BCUT2D eigenvalue weighted by molar-refractivity contribution is 0.0937. The van der Waals surface area contributed by atoms with Crippen LogP contribution in [0, 0.1) is 0 Å². The molecule has 29 heavy (non-hydrogen) atoms. The number of benzene rings is 1. The van der Waals surface area contributed by atoms with Crippen molar-refractivity contribution in [3.05, 3.63) is 76.1 Å². The molecular formula is C22H23ClN4O2. The monoisotopic (exact) mass is 410 g/mol. The highest BCUT2D eigenvalue weighted by Gasteiger charge is 2.20. The van der Waals surface area contributed by atoms with Gasteiger partial charge in [0.15, 0.2) is 0 Å². The molecule has 7 heteroatoms. The first-order valence-corrected chi connectivity index (χ1v) is 10.3. The van der Waals surface area contributed by atoms with Gasteiger partial charge in [-0.15, -0.1) is 0 Å². The summed E-state index contributed by atoms with van der Waals surface area (Å²) in [7, 11) is 0. The zero-order valence-corrected chi connectivity index (χ0v) is 16.8. The zero-order valence-electron chi connectivity index (χ0n) is 16.1. The molecule has 4 rings (SSSR count). The fourth-order valence-corrected chi connectivity index (χ4v) is 3.75. The minimum atomic E-state index is -0.302. The van der Waals surface area contributed by atoms with Crippen molar-refractivity contribution in [2.75, 3.05) is 11.9 Å². The fraction of sp³-hybridized carbons (Fsp3) is 0.318. The number of amides is 1. The third-order valence-corrected chi connectivity index (χ3v) is 5.40. The van der Waals surface area contributed by atoms with Gasteiger partial charge in [0.2, 0.25) is 5.82 Å². The second kappa shape index (κ2) is 9.09. The van der Waals surface area contributed by atoms with Crippen LogP contribution in [0.3, 0.4) is 0 Å². The lowest BCUT2D eigenvalue weighted by atomic mass is 9.96. The van der Waals surface area contributed by atoms with Gasteiger partial charge in [0, 0.05) is 22.8 Å². The summed E-state index contributed by atoms with van der Waals surface area (Å²) in [4.78, 5) is 21.7. The van der Waals surface area contributed by atoms with Crippen molar-refractivity contribution in [1.82, 2.24) is 15.3 Å². The molecule has 0 saturated heterocycles. The van der Waals surface area contributed by atoms with E-state index < -0.39 is 0 Å². The number of anilines is 1. The average molecular weight is 411 g/mol. The van der Waals surface area contributed by atoms with Crippen molar-refractivity contribution in [2.45, 2.75) is 38.6 Å². The van der Waals surface area contributed by atoms with Crippen LogP contribution < -0.4 is 10.6 Å². The van der Waals surface area contributed by atoms with Gasteiger partial charge in [-0.3, -0.25) is 4.79 Å². The summed E-state index contributed by atoms with van der Waals surface area (Å²) >= 11 is 6.25. The number of nitrogens with one attached hydrogen (secondary N) is 2. The van der Waals surface area contributed by atoms with E-state index >= 15 is 0 Å². The minimum Gasteiger partial charge on any atom is -0.467 e. The number of aromatic nitrogens is 2. The number of fused-ring (bicyclic) bond motifs is 1. The zero-order chi connectivity index (χ0) is 20.1. The number of hydrogen-bond donors (Lipinski definition) is 2. The van der Waals surface area contributed by atoms with Gasteiger partial charge in [0.05, 0.1) is 12.8 Å². The first kappa shape index (κ1) is 19.5. The van der Waals surface area contributed by atoms with Crippen LogP contribution in [0.25, 0.3) is 0 Å². The van der Waals surface area contributed by atoms with Gasteiger partial charge >= 0.3 is 0 Å². The molecule has 2 heterocycles. The molecule has 0 bridgehead atoms. The highest BCUT2D eigenvalue weighted by Crippen LogP contribution is 2.26. The van der Waals surface area contributed by atoms with Crippen LogP contribution in [0.15, 0.2) is 47.1 Å². The third-order valence-electron chi connectivity index (χ3n) is 5.03. The summed E-state index contributed by atoms with van der Waals surface area (Å²) in [6.07, 6.45) is 6.35. The smallest absolute Gasteiger partial charge is 0.289 e. The van der Waals surface area contributed by atoms with Crippen LogP contribution in [-0.2, 0) is 25.8 Å². The Hall–Kier alpha value is -2.86. The summed E-state index contributed by atoms with van der Waals surface area (Å²) in [5.74, 6) is 1.33. The predicted molar refractivity (Wildman–Crippen MR) is 112 cm³/mol. The van der Waals surface area contributed by atoms with E-state index in [1.54, 1.807) is 12.3 Å². The van der Waals surface area contributed by atoms with E-state index in [0.29, 0.717) is 18.8 Å². The molecule has 0 aliphatic heterocycles. The van der Waals surface area contributed by atoms with Crippen molar-refractivity contribution < 1.29 is 9.21 Å². The minimum absolute atomic E-state index is 0.192. The van der Waals surface area contributed by atoms with Crippen molar-refractivity contribution in [3.63, 3.8) is 0 Å². The summed E-state index contributed by atoms with van der Waals surface area (Å²) in [5.41, 5.74) is 3.17. The van der Waals surface area contributed by atoms with E-state index in [9.17, 15) is 4.79 Å². The topological polar surface area (TPSA) is 80.0 Å². The van der Waals surface area contributed by atoms with Crippen LogP contribution in [-0.4, -0.2) is 22.4 Å². The molecule has 6 nitrogen and oxygen atoms in total. The third kappa shape index (κ3) is 4.77. The van der Waals surface area contributed by atoms with Gasteiger partial charge in [-0.2, -0.15) is 0 Å². The number of hydrogen-bond acceptors (Lipinski definition) is 5. The molecule has 0 atom stereocenters. The van der Waals surface area contributed by atoms with Crippen LogP contribution in [0.1, 0.15) is 46.0 Å². The van der Waals surface area contributed by atoms with Crippen LogP contribution >= 0.6 is 11.6 Å². The van der Waals surface area contributed by atoms with Gasteiger partial charge in [-0.25, -0.2) is 9.97 Å². The largest absolute Gasteiger partial charge is 0.467 e. The number of furan rings is 1. The second-order valence-corrected chi connectivity index (χ2v) is 7.47. The van der Waals surface area contributed by atoms with Gasteiger partial charge in [0.25, 0.3) is 5.91 Å². The van der Waals surface area contributed by atoms with Crippen LogP contribution in [0.4, 0.5) is 5.82 Å². The van der Waals surface area contributed by atoms with Gasteiger partial charge in [0.1, 0.15) is 11.6 Å². The van der Waals surface area contributed by atoms with Crippen molar-refractivity contribution in [2.24, 2.45) is 0 Å². The molecule has 1 aromatic carbocycles. The highest BCUT2D eigenvalue weighted by molar-refractivity contribution is 6.31. The Bertz CT molecular complexity index is 988. The molecule has 0 unspecified atom stereocenters. The van der Waals surface area contributed by atoms with E-state index in [1.165, 1.54) is 0 Å². The molecule has 2 aromatic heterocycles. The second-order valence-electron chi connectivity index (χ2n) is 7.06. The highest BCUT2D eigenvalue weighted by atomic mass is 35.5. The predicted octanol–water partition coefficient (Wildman–Crippen LogP) is 4.19. The van der Waals surface area contributed by atoms with E-state index in [-0.39, 0.29) is 11.7 Å². The summed E-state index contributed by atoms with van der Waals surface area (Å²) < 4.78 is 5.26. The fourth-order valence-electron chi connectivity index (χ4n) is 3.52. The SMILES string of the molecule is O=C(NCc1ccco1)c1nc2c(c(NCCc3ccccc3Cl)n1)CCCC2. The van der Waals surface area contributed by atoms with E-state index in [0.717, 1.165) is 59.8 Å². The van der Waals surface area contributed by atoms with Gasteiger partial charge in [-0.05, 0) is 55.9 Å². The molecule has 0 fully saturated rings. The Labute approximate surface area is 174 Å². The van der Waals surface area contributed by atoms with E-state index in [1.807, 2.05) is 30.3 Å². The number of carbonyl (C=O) groups excluding carboxylic acids is 1. The molecule has 0 spiro atoms. The standard InChI is InChI=1S/C22H23ClN4O2/c23-18-9-3-1-6-15(18)11-12-24-20-17-8-2-4-10-19(17)26-21(27-20)22(28)25-14-16-7-5-13-29-16/h1,3,5-7,9,13H,2,4,8,10-12,14H2,(H,25,28)(H,24,26,27). The molecule has 1 aliphatic rings. The molecule has 2 N–H and O–H groups in total. The Morgan fingerprint density at radius 2 is 1.97 bits per heavy atom. The lowest BCUT2D eigenvalue weighted by Crippen LogP contribution is -2.27. The summed E-state index contributed by atoms with van der Waals surface area (Å²) in [5, 5.41) is 6.99. The van der Waals surface area contributed by atoms with E-state index in [4.69, 9.17) is 16.0 Å². The Morgan fingerprint density at radius 3 is 2.79 bits per heavy atom. The van der Waals surface area contributed by atoms with Crippen molar-refractivity contribution >= 4 is 23.3 Å². The van der Waals surface area contributed by atoms with Crippen molar-refractivity contribution in [1.29, 1.82) is 0 Å². The molecule has 0 saturated carbocycles. The van der Waals surface area contributed by atoms with Crippen LogP contribution in [0.2, 0.25) is 5.02 Å². The molecule has 150 valence electrons. The quantitative estimate of drug-likeness (QED) is 0.610. The molecular weight excluding hydrogens is 388 g/mol. The maximum absolute atomic E-state index is 12.6. The Balaban J connectivity index is 1.48.